The third-order valence-corrected chi connectivity index (χ3v) is 14.4. The summed E-state index contributed by atoms with van der Waals surface area (Å²) in [7, 11) is 1.11. The Morgan fingerprint density at radius 3 is 0.965 bits per heavy atom. The Bertz CT molecular complexity index is 2100. The average molecular weight is 1210 g/mol. The second kappa shape index (κ2) is 64.6. The quantitative estimate of drug-likeness (QED) is 0.0195. The number of phosphoric acid groups is 1. The number of nitrogens with zero attached hydrogens (tertiary/aromatic N) is 1. The zero-order chi connectivity index (χ0) is 62.6. The lowest BCUT2D eigenvalue weighted by molar-refractivity contribution is -0.870. The summed E-state index contributed by atoms with van der Waals surface area (Å²) in [5.41, 5.74) is 0. The molecule has 0 aromatic heterocycles. The molecule has 0 saturated heterocycles. The Kier molecular flexibility index (Phi) is 60.9. The number of rotatable bonds is 59. The zero-order valence-electron chi connectivity index (χ0n) is 54.9. The molecule has 0 aromatic rings. The van der Waals surface area contributed by atoms with E-state index in [4.69, 9.17) is 18.5 Å². The molecule has 0 aromatic carbocycles. The van der Waals surface area contributed by atoms with Gasteiger partial charge < -0.3 is 27.9 Å². The Balaban J connectivity index is 4.16. The summed E-state index contributed by atoms with van der Waals surface area (Å²) in [5, 5.41) is 0. The van der Waals surface area contributed by atoms with Crippen LogP contribution in [0.2, 0.25) is 0 Å². The minimum absolute atomic E-state index is 0.0493. The van der Waals surface area contributed by atoms with E-state index < -0.39 is 32.5 Å². The van der Waals surface area contributed by atoms with E-state index in [1.54, 1.807) is 0 Å². The molecule has 0 N–H and O–H groups in total. The highest BCUT2D eigenvalue weighted by atomic mass is 31.2. The van der Waals surface area contributed by atoms with Crippen LogP contribution >= 0.6 is 7.82 Å². The largest absolute Gasteiger partial charge is 0.756 e. The molecule has 2 unspecified atom stereocenters. The van der Waals surface area contributed by atoms with E-state index >= 15 is 0 Å². The molecular formula is C76H122NO8P. The fourth-order valence-corrected chi connectivity index (χ4v) is 9.10. The lowest BCUT2D eigenvalue weighted by Crippen LogP contribution is -2.37. The van der Waals surface area contributed by atoms with Crippen molar-refractivity contribution in [2.24, 2.45) is 0 Å². The van der Waals surface area contributed by atoms with E-state index in [0.29, 0.717) is 23.9 Å². The van der Waals surface area contributed by atoms with Crippen LogP contribution in [0.4, 0.5) is 0 Å². The van der Waals surface area contributed by atoms with Gasteiger partial charge >= 0.3 is 11.9 Å². The van der Waals surface area contributed by atoms with Gasteiger partial charge in [-0.15, -0.1) is 0 Å². The molecule has 0 heterocycles. The van der Waals surface area contributed by atoms with Crippen molar-refractivity contribution in [3.8, 4) is 0 Å². The smallest absolute Gasteiger partial charge is 0.306 e. The first kappa shape index (κ1) is 81.1. The van der Waals surface area contributed by atoms with Crippen LogP contribution in [-0.2, 0) is 32.7 Å². The van der Waals surface area contributed by atoms with Crippen molar-refractivity contribution < 1.29 is 42.1 Å². The van der Waals surface area contributed by atoms with Gasteiger partial charge in [-0.3, -0.25) is 14.2 Å². The fourth-order valence-electron chi connectivity index (χ4n) is 8.37. The lowest BCUT2D eigenvalue weighted by Gasteiger charge is -2.28. The molecule has 0 spiro atoms. The molecule has 0 fully saturated rings. The SMILES string of the molecule is CC/C=C\C/C=C\C/C=C\C/C=C\C/C=C\C/C=C\C/C=C\C/C=C\CCCCCCCCCCCCCCCCC(=O)OC(COC(=O)CCC/C=C\C/C=C\C/C=C\C/C=C\C/C=C\C/C=C\C/C=C\CC)COP(=O)([O-])OCC[N+](C)(C)C. The van der Waals surface area contributed by atoms with Gasteiger partial charge in [0.25, 0.3) is 7.82 Å². The van der Waals surface area contributed by atoms with Crippen molar-refractivity contribution in [2.45, 2.75) is 238 Å². The number of quaternary nitrogens is 1. The van der Waals surface area contributed by atoms with E-state index in [0.717, 1.165) is 122 Å². The maximum Gasteiger partial charge on any atom is 0.306 e. The maximum absolute atomic E-state index is 12.8. The van der Waals surface area contributed by atoms with Crippen LogP contribution in [0, 0.1) is 0 Å². The number of likely N-dealkylation sites (N-methyl/N-ethyl adjacent to an activating group) is 1. The van der Waals surface area contributed by atoms with E-state index in [9.17, 15) is 19.0 Å². The van der Waals surface area contributed by atoms with Gasteiger partial charge in [0, 0.05) is 12.8 Å². The molecule has 86 heavy (non-hydrogen) atoms. The molecule has 484 valence electrons. The Hall–Kier alpha value is -4.89. The molecule has 0 bridgehead atoms. The number of ether oxygens (including phenoxy) is 2. The molecule has 0 amide bonds. The molecule has 0 radical (unpaired) electrons. The minimum atomic E-state index is -4.67. The highest BCUT2D eigenvalue weighted by Crippen LogP contribution is 2.38. The minimum Gasteiger partial charge on any atom is -0.756 e. The first-order valence-corrected chi connectivity index (χ1v) is 35.0. The number of carbonyl (C=O) groups is 2. The first-order chi connectivity index (χ1) is 42.0. The average Bonchev–Trinajstić information content (AvgIpc) is 3.56. The Morgan fingerprint density at radius 1 is 0.360 bits per heavy atom. The topological polar surface area (TPSA) is 111 Å². The van der Waals surface area contributed by atoms with Gasteiger partial charge in [-0.05, 0) is 128 Å². The van der Waals surface area contributed by atoms with Crippen molar-refractivity contribution >= 4 is 19.8 Å². The molecule has 0 aliphatic carbocycles. The first-order valence-electron chi connectivity index (χ1n) is 33.5. The number of carbonyl (C=O) groups excluding carboxylic acids is 2. The highest BCUT2D eigenvalue weighted by Gasteiger charge is 2.22. The number of phosphoric ester groups is 1. The zero-order valence-corrected chi connectivity index (χ0v) is 55.8. The van der Waals surface area contributed by atoms with Gasteiger partial charge in [0.1, 0.15) is 19.8 Å². The van der Waals surface area contributed by atoms with Crippen LogP contribution in [0.5, 0.6) is 0 Å². The predicted octanol–water partition coefficient (Wildman–Crippen LogP) is 21.3. The van der Waals surface area contributed by atoms with Gasteiger partial charge in [-0.25, -0.2) is 0 Å². The van der Waals surface area contributed by atoms with Crippen molar-refractivity contribution in [1.29, 1.82) is 0 Å². The second-order valence-corrected chi connectivity index (χ2v) is 24.1. The van der Waals surface area contributed by atoms with Crippen LogP contribution in [0.15, 0.2) is 182 Å². The van der Waals surface area contributed by atoms with Crippen LogP contribution in [0.3, 0.4) is 0 Å². The molecule has 10 heteroatoms. The van der Waals surface area contributed by atoms with E-state index in [-0.39, 0.29) is 26.1 Å². The van der Waals surface area contributed by atoms with Gasteiger partial charge in [0.05, 0.1) is 27.7 Å². The van der Waals surface area contributed by atoms with Crippen molar-refractivity contribution in [2.75, 3.05) is 47.5 Å². The van der Waals surface area contributed by atoms with Crippen molar-refractivity contribution in [3.63, 3.8) is 0 Å². The van der Waals surface area contributed by atoms with Crippen molar-refractivity contribution in [3.05, 3.63) is 182 Å². The molecule has 0 rings (SSSR count). The standard InChI is InChI=1S/C76H122NO8P/c1-6-8-10-12-14-16-18-20-22-24-26-28-30-31-32-33-34-35-36-37-38-39-40-41-42-43-44-45-47-49-51-53-55-57-59-61-63-65-67-69-76(79)85-74(73-84-86(80,81)83-71-70-77(3,4)5)72-82-75(78)68-66-64-62-60-58-56-54-52-50-48-46-29-27-25-23-21-19-17-15-13-11-9-7-2/h8-11,14-17,20-23,26-29,31-32,34-35,37-38,40-41,48,50,54,56,60,62,74H,6-7,12-13,18-19,24-25,30,33,36,39,42-47,49,51-53,55,57-59,61,63-73H2,1-5H3/b10-8-,11-9-,16-14-,17-15-,22-20-,23-21-,28-26-,29-27-,32-31-,35-34-,38-37-,41-40-,50-48-,56-54-,62-60-. The number of hydrogen-bond donors (Lipinski definition) is 0. The summed E-state index contributed by atoms with van der Waals surface area (Å²) in [6.07, 6.45) is 99.7. The number of esters is 2. The van der Waals surface area contributed by atoms with E-state index in [2.05, 4.69) is 196 Å². The Labute approximate surface area is 527 Å². The maximum atomic E-state index is 12.8. The molecule has 0 saturated carbocycles. The second-order valence-electron chi connectivity index (χ2n) is 22.7. The van der Waals surface area contributed by atoms with Crippen LogP contribution in [-0.4, -0.2) is 70.0 Å². The molecule has 0 aliphatic rings. The number of allylic oxidation sites excluding steroid dienone is 30. The molecule has 0 aliphatic heterocycles. The van der Waals surface area contributed by atoms with Gasteiger partial charge in [-0.1, -0.05) is 273 Å². The predicted molar refractivity (Wildman–Crippen MR) is 369 cm³/mol. The van der Waals surface area contributed by atoms with E-state index in [1.807, 2.05) is 21.1 Å². The summed E-state index contributed by atoms with van der Waals surface area (Å²) in [5.74, 6) is -0.915. The van der Waals surface area contributed by atoms with Gasteiger partial charge in [-0.2, -0.15) is 0 Å². The summed E-state index contributed by atoms with van der Waals surface area (Å²) in [4.78, 5) is 38.0. The third kappa shape index (κ3) is 68.2. The Morgan fingerprint density at radius 2 is 0.640 bits per heavy atom. The van der Waals surface area contributed by atoms with Gasteiger partial charge in [0.2, 0.25) is 0 Å². The third-order valence-electron chi connectivity index (χ3n) is 13.4. The fraction of sp³-hybridized carbons (Fsp3) is 0.579. The summed E-state index contributed by atoms with van der Waals surface area (Å²) in [6.45, 7) is 3.92. The lowest BCUT2D eigenvalue weighted by atomic mass is 10.0. The normalized spacial score (nSPS) is 14.3. The molecular weight excluding hydrogens is 1090 g/mol. The van der Waals surface area contributed by atoms with Crippen LogP contribution in [0.25, 0.3) is 0 Å². The molecule has 2 atom stereocenters. The summed E-state index contributed by atoms with van der Waals surface area (Å²) < 4.78 is 34.2. The van der Waals surface area contributed by atoms with Crippen LogP contribution in [0.1, 0.15) is 232 Å². The number of unbranched alkanes of at least 4 members (excludes halogenated alkanes) is 15. The highest BCUT2D eigenvalue weighted by molar-refractivity contribution is 7.45. The number of hydrogen-bond acceptors (Lipinski definition) is 8. The molecule has 9 nitrogen and oxygen atoms in total. The van der Waals surface area contributed by atoms with E-state index in [1.165, 1.54) is 70.6 Å². The van der Waals surface area contributed by atoms with Crippen molar-refractivity contribution in [1.82, 2.24) is 0 Å². The monoisotopic (exact) mass is 1210 g/mol. The summed E-state index contributed by atoms with van der Waals surface area (Å²) in [6, 6.07) is 0. The van der Waals surface area contributed by atoms with Crippen LogP contribution < -0.4 is 4.89 Å². The summed E-state index contributed by atoms with van der Waals surface area (Å²) >= 11 is 0. The van der Waals surface area contributed by atoms with Gasteiger partial charge in [0.15, 0.2) is 6.10 Å².